The summed E-state index contributed by atoms with van der Waals surface area (Å²) in [6.45, 7) is 0. The summed E-state index contributed by atoms with van der Waals surface area (Å²) in [6.07, 6.45) is 0. The van der Waals surface area contributed by atoms with Crippen molar-refractivity contribution >= 4 is 40.1 Å². The van der Waals surface area contributed by atoms with Gasteiger partial charge in [0.15, 0.2) is 0 Å². The molecule has 42 heavy (non-hydrogen) atoms. The molecule has 6 aromatic carbocycles. The average molecular weight is 548 g/mol. The standard InChI is InChI=1S/C37H30N3.CH3O/c1-7-19-31(20-8-1)38(32-21-9-2-10-22-32)37(39(33-23-11-3-12-24-33)34-25-13-4-14-26-34)40(35-27-15-5-16-28-35)36-29-17-6-18-30-36;1-2/h1-30H;1H3/q+1;-1. The Morgan fingerprint density at radius 3 is 0.810 bits per heavy atom. The number of anilines is 4. The van der Waals surface area contributed by atoms with E-state index in [0.717, 1.165) is 47.2 Å². The van der Waals surface area contributed by atoms with E-state index in [0.29, 0.717) is 0 Å². The van der Waals surface area contributed by atoms with Gasteiger partial charge in [-0.05, 0) is 72.8 Å². The minimum absolute atomic E-state index is 0.750. The summed E-state index contributed by atoms with van der Waals surface area (Å²) in [5.74, 6) is 0.951. The quantitative estimate of drug-likeness (QED) is 0.119. The van der Waals surface area contributed by atoms with Crippen LogP contribution in [-0.2, 0) is 0 Å². The first kappa shape index (κ1) is 28.1. The Hall–Kier alpha value is -5.45. The normalized spacial score (nSPS) is 10.1. The fraction of sp³-hybridized carbons (Fsp3) is 0.0263. The monoisotopic (exact) mass is 547 g/mol. The highest BCUT2D eigenvalue weighted by atomic mass is 16.2. The van der Waals surface area contributed by atoms with Gasteiger partial charge in [0, 0.05) is 0 Å². The molecule has 0 heterocycles. The number of para-hydroxylation sites is 6. The Bertz CT molecular complexity index is 1450. The van der Waals surface area contributed by atoms with Gasteiger partial charge in [-0.1, -0.05) is 109 Å². The predicted octanol–water partition coefficient (Wildman–Crippen LogP) is 8.53. The lowest BCUT2D eigenvalue weighted by Crippen LogP contribution is -2.45. The molecule has 6 aromatic rings. The van der Waals surface area contributed by atoms with Gasteiger partial charge in [0.2, 0.25) is 0 Å². The van der Waals surface area contributed by atoms with Gasteiger partial charge in [0.05, 0.1) is 0 Å². The van der Waals surface area contributed by atoms with E-state index in [2.05, 4.69) is 196 Å². The van der Waals surface area contributed by atoms with Gasteiger partial charge < -0.3 is 5.11 Å². The SMILES string of the molecule is C[O-].c1ccc(N(C(N(c2ccccc2)c2ccccc2)=[N+](c2ccccc2)c2ccccc2)c2ccccc2)cc1. The molecule has 206 valence electrons. The molecule has 6 rings (SSSR count). The van der Waals surface area contributed by atoms with E-state index in [9.17, 15) is 0 Å². The summed E-state index contributed by atoms with van der Waals surface area (Å²) in [5.41, 5.74) is 6.32. The van der Waals surface area contributed by atoms with Crippen molar-refractivity contribution in [3.63, 3.8) is 0 Å². The van der Waals surface area contributed by atoms with Crippen LogP contribution in [0.5, 0.6) is 0 Å². The highest BCUT2D eigenvalue weighted by Gasteiger charge is 2.36. The zero-order chi connectivity index (χ0) is 29.0. The first-order valence-electron chi connectivity index (χ1n) is 13.9. The molecule has 4 heteroatoms. The second-order valence-electron chi connectivity index (χ2n) is 9.32. The second-order valence-corrected chi connectivity index (χ2v) is 9.32. The first-order valence-corrected chi connectivity index (χ1v) is 13.9. The van der Waals surface area contributed by atoms with E-state index >= 15 is 0 Å². The highest BCUT2D eigenvalue weighted by molar-refractivity contribution is 6.17. The molecule has 0 bridgehead atoms. The van der Waals surface area contributed by atoms with Crippen molar-refractivity contribution in [1.29, 1.82) is 0 Å². The lowest BCUT2D eigenvalue weighted by Gasteiger charge is -2.30. The van der Waals surface area contributed by atoms with Gasteiger partial charge in [-0.15, -0.1) is 0 Å². The maximum atomic E-state index is 8.25. The lowest BCUT2D eigenvalue weighted by molar-refractivity contribution is -0.325. The molecule has 0 radical (unpaired) electrons. The third-order valence-electron chi connectivity index (χ3n) is 6.69. The Balaban J connectivity index is 0.00000173. The van der Waals surface area contributed by atoms with Gasteiger partial charge in [-0.3, -0.25) is 0 Å². The second kappa shape index (κ2) is 14.3. The summed E-state index contributed by atoms with van der Waals surface area (Å²) in [6, 6.07) is 63.4. The molecular formula is C38H33N3O. The molecule has 0 fully saturated rings. The van der Waals surface area contributed by atoms with Gasteiger partial charge in [-0.25, -0.2) is 0 Å². The van der Waals surface area contributed by atoms with Gasteiger partial charge in [0.25, 0.3) is 0 Å². The summed E-state index contributed by atoms with van der Waals surface area (Å²) < 4.78 is 2.33. The van der Waals surface area contributed by atoms with Crippen molar-refractivity contribution in [3.8, 4) is 0 Å². The lowest BCUT2D eigenvalue weighted by atomic mass is 10.2. The predicted molar refractivity (Wildman–Crippen MR) is 175 cm³/mol. The molecule has 0 N–H and O–H groups in total. The third-order valence-corrected chi connectivity index (χ3v) is 6.69. The van der Waals surface area contributed by atoms with Crippen LogP contribution in [0.2, 0.25) is 0 Å². The van der Waals surface area contributed by atoms with Crippen molar-refractivity contribution in [2.75, 3.05) is 16.9 Å². The average Bonchev–Trinajstić information content (AvgIpc) is 3.09. The number of nitrogens with zero attached hydrogens (tertiary/aromatic N) is 3. The van der Waals surface area contributed by atoms with E-state index in [1.54, 1.807) is 0 Å². The molecular weight excluding hydrogens is 514 g/mol. The topological polar surface area (TPSA) is 32.5 Å². The fourth-order valence-corrected chi connectivity index (χ4v) is 4.90. The van der Waals surface area contributed by atoms with E-state index in [-0.39, 0.29) is 0 Å². The number of hydrogen-bond donors (Lipinski definition) is 0. The van der Waals surface area contributed by atoms with Crippen molar-refractivity contribution in [2.24, 2.45) is 0 Å². The van der Waals surface area contributed by atoms with Gasteiger partial charge in [-0.2, -0.15) is 21.5 Å². The van der Waals surface area contributed by atoms with Crippen molar-refractivity contribution in [2.45, 2.75) is 0 Å². The van der Waals surface area contributed by atoms with Gasteiger partial charge >= 0.3 is 5.96 Å². The molecule has 4 nitrogen and oxygen atoms in total. The molecule has 0 saturated carbocycles. The van der Waals surface area contributed by atoms with Crippen LogP contribution in [0.4, 0.5) is 34.1 Å². The Morgan fingerprint density at radius 2 is 0.571 bits per heavy atom. The zero-order valence-corrected chi connectivity index (χ0v) is 23.6. The van der Waals surface area contributed by atoms with E-state index in [1.807, 2.05) is 0 Å². The minimum Gasteiger partial charge on any atom is -0.857 e. The van der Waals surface area contributed by atoms with Crippen LogP contribution in [0.3, 0.4) is 0 Å². The van der Waals surface area contributed by atoms with Crippen LogP contribution in [0, 0.1) is 0 Å². The number of rotatable bonds is 6. The summed E-state index contributed by atoms with van der Waals surface area (Å²) in [7, 11) is 0.750. The molecule has 0 unspecified atom stereocenters. The summed E-state index contributed by atoms with van der Waals surface area (Å²) in [4.78, 5) is 4.67. The van der Waals surface area contributed by atoms with Crippen LogP contribution in [-0.4, -0.2) is 13.1 Å². The fourth-order valence-electron chi connectivity index (χ4n) is 4.90. The molecule has 0 saturated heterocycles. The summed E-state index contributed by atoms with van der Waals surface area (Å²) in [5, 5.41) is 8.25. The maximum absolute atomic E-state index is 8.25. The molecule has 0 aliphatic heterocycles. The Kier molecular flexibility index (Phi) is 9.54. The van der Waals surface area contributed by atoms with Crippen molar-refractivity contribution < 1.29 is 5.11 Å². The highest BCUT2D eigenvalue weighted by Crippen LogP contribution is 2.35. The van der Waals surface area contributed by atoms with Crippen LogP contribution < -0.4 is 19.5 Å². The van der Waals surface area contributed by atoms with Crippen molar-refractivity contribution in [1.82, 2.24) is 4.58 Å². The third kappa shape index (κ3) is 6.30. The van der Waals surface area contributed by atoms with Crippen LogP contribution in [0.1, 0.15) is 0 Å². The van der Waals surface area contributed by atoms with E-state index in [4.69, 9.17) is 5.11 Å². The Labute approximate surface area is 248 Å². The maximum Gasteiger partial charge on any atom is 0.380 e. The largest absolute Gasteiger partial charge is 0.857 e. The van der Waals surface area contributed by atoms with E-state index in [1.165, 1.54) is 0 Å². The molecule has 0 aromatic heterocycles. The Morgan fingerprint density at radius 1 is 0.357 bits per heavy atom. The van der Waals surface area contributed by atoms with E-state index < -0.39 is 0 Å². The van der Waals surface area contributed by atoms with Crippen LogP contribution >= 0.6 is 0 Å². The minimum atomic E-state index is 0.750. The molecule has 0 atom stereocenters. The number of benzene rings is 6. The molecule has 0 spiro atoms. The van der Waals surface area contributed by atoms with Crippen LogP contribution in [0.15, 0.2) is 182 Å². The van der Waals surface area contributed by atoms with Gasteiger partial charge in [0.1, 0.15) is 34.1 Å². The van der Waals surface area contributed by atoms with Crippen molar-refractivity contribution in [3.05, 3.63) is 182 Å². The van der Waals surface area contributed by atoms with Crippen LogP contribution in [0.25, 0.3) is 0 Å². The number of hydrogen-bond acceptors (Lipinski definition) is 1. The molecule has 0 aliphatic rings. The smallest absolute Gasteiger partial charge is 0.380 e. The molecule has 0 amide bonds. The zero-order valence-electron chi connectivity index (χ0n) is 23.6. The number of guanidine groups is 1. The summed E-state index contributed by atoms with van der Waals surface area (Å²) >= 11 is 0. The first-order chi connectivity index (χ1) is 20.9. The molecule has 0 aliphatic carbocycles.